The van der Waals surface area contributed by atoms with E-state index in [-0.39, 0.29) is 6.03 Å². The average molecular weight is 213 g/mol. The van der Waals surface area contributed by atoms with Gasteiger partial charge in [-0.2, -0.15) is 0 Å². The van der Waals surface area contributed by atoms with Crippen LogP contribution in [0.4, 0.5) is 4.79 Å². The van der Waals surface area contributed by atoms with Crippen molar-refractivity contribution < 1.29 is 4.79 Å². The van der Waals surface area contributed by atoms with E-state index in [2.05, 4.69) is 31.4 Å². The molecular weight excluding hydrogens is 190 g/mol. The molecule has 0 aromatic rings. The molecule has 0 spiro atoms. The lowest BCUT2D eigenvalue weighted by atomic mass is 10.1. The summed E-state index contributed by atoms with van der Waals surface area (Å²) in [5, 5.41) is 6.33. The van der Waals surface area contributed by atoms with Crippen molar-refractivity contribution in [2.75, 3.05) is 19.6 Å². The van der Waals surface area contributed by atoms with Gasteiger partial charge in [-0.15, -0.1) is 0 Å². The number of unbranched alkanes of at least 4 members (excludes halogenated alkanes) is 1. The molecule has 4 nitrogen and oxygen atoms in total. The van der Waals surface area contributed by atoms with Gasteiger partial charge in [-0.3, -0.25) is 0 Å². The SMILES string of the molecule is CCCCNC(=O)N1CC(C)NCC1C. The van der Waals surface area contributed by atoms with Crippen LogP contribution in [0.2, 0.25) is 0 Å². The molecule has 1 fully saturated rings. The summed E-state index contributed by atoms with van der Waals surface area (Å²) in [6, 6.07) is 0.783. The zero-order valence-corrected chi connectivity index (χ0v) is 10.0. The number of nitrogens with one attached hydrogen (secondary N) is 2. The Labute approximate surface area is 92.4 Å². The Morgan fingerprint density at radius 3 is 2.93 bits per heavy atom. The summed E-state index contributed by atoms with van der Waals surface area (Å²) in [5.74, 6) is 0. The normalized spacial score (nSPS) is 26.5. The van der Waals surface area contributed by atoms with Crippen LogP contribution in [0, 0.1) is 0 Å². The van der Waals surface area contributed by atoms with E-state index in [1.165, 1.54) is 0 Å². The maximum atomic E-state index is 11.8. The number of hydrogen-bond donors (Lipinski definition) is 2. The van der Waals surface area contributed by atoms with Crippen molar-refractivity contribution >= 4 is 6.03 Å². The first kappa shape index (κ1) is 12.3. The molecule has 1 aliphatic rings. The number of rotatable bonds is 3. The summed E-state index contributed by atoms with van der Waals surface area (Å²) >= 11 is 0. The molecule has 4 heteroatoms. The van der Waals surface area contributed by atoms with E-state index in [0.29, 0.717) is 12.1 Å². The molecule has 15 heavy (non-hydrogen) atoms. The zero-order chi connectivity index (χ0) is 11.3. The quantitative estimate of drug-likeness (QED) is 0.691. The third-order valence-corrected chi connectivity index (χ3v) is 2.83. The van der Waals surface area contributed by atoms with Gasteiger partial charge in [-0.25, -0.2) is 4.79 Å². The molecule has 0 aliphatic carbocycles. The third kappa shape index (κ3) is 3.70. The second kappa shape index (κ2) is 5.95. The molecule has 1 rings (SSSR count). The average Bonchev–Trinajstić information content (AvgIpc) is 2.22. The second-order valence-corrected chi connectivity index (χ2v) is 4.40. The van der Waals surface area contributed by atoms with Crippen LogP contribution in [-0.2, 0) is 0 Å². The molecule has 2 amide bonds. The van der Waals surface area contributed by atoms with Crippen LogP contribution >= 0.6 is 0 Å². The number of piperazine rings is 1. The summed E-state index contributed by atoms with van der Waals surface area (Å²) in [4.78, 5) is 13.7. The molecule has 2 atom stereocenters. The maximum Gasteiger partial charge on any atom is 0.317 e. The summed E-state index contributed by atoms with van der Waals surface area (Å²) < 4.78 is 0. The highest BCUT2D eigenvalue weighted by Gasteiger charge is 2.25. The van der Waals surface area contributed by atoms with Crippen molar-refractivity contribution in [2.24, 2.45) is 0 Å². The maximum absolute atomic E-state index is 11.8. The molecule has 2 unspecified atom stereocenters. The fourth-order valence-electron chi connectivity index (χ4n) is 1.78. The predicted octanol–water partition coefficient (Wildman–Crippen LogP) is 1.18. The Bertz CT molecular complexity index is 208. The van der Waals surface area contributed by atoms with E-state index in [1.54, 1.807) is 0 Å². The molecule has 0 radical (unpaired) electrons. The number of nitrogens with zero attached hydrogens (tertiary/aromatic N) is 1. The molecule has 0 aromatic carbocycles. The molecular formula is C11H23N3O. The highest BCUT2D eigenvalue weighted by molar-refractivity contribution is 5.74. The van der Waals surface area contributed by atoms with Crippen LogP contribution in [0.3, 0.4) is 0 Å². The van der Waals surface area contributed by atoms with Gasteiger partial charge in [0.15, 0.2) is 0 Å². The van der Waals surface area contributed by atoms with Crippen molar-refractivity contribution in [3.63, 3.8) is 0 Å². The number of carbonyl (C=O) groups excluding carboxylic acids is 1. The van der Waals surface area contributed by atoms with Crippen LogP contribution in [0.1, 0.15) is 33.6 Å². The van der Waals surface area contributed by atoms with E-state index in [0.717, 1.165) is 32.5 Å². The van der Waals surface area contributed by atoms with E-state index in [9.17, 15) is 4.79 Å². The van der Waals surface area contributed by atoms with Crippen LogP contribution in [-0.4, -0.2) is 42.6 Å². The highest BCUT2D eigenvalue weighted by atomic mass is 16.2. The van der Waals surface area contributed by atoms with Gasteiger partial charge in [-0.05, 0) is 20.3 Å². The molecule has 0 aromatic heterocycles. The van der Waals surface area contributed by atoms with Crippen LogP contribution in [0.5, 0.6) is 0 Å². The monoisotopic (exact) mass is 213 g/mol. The van der Waals surface area contributed by atoms with Crippen molar-refractivity contribution in [2.45, 2.75) is 45.7 Å². The lowest BCUT2D eigenvalue weighted by molar-refractivity contribution is 0.150. The summed E-state index contributed by atoms with van der Waals surface area (Å²) in [6.07, 6.45) is 2.18. The van der Waals surface area contributed by atoms with Crippen LogP contribution in [0.25, 0.3) is 0 Å². The molecule has 1 saturated heterocycles. The number of amides is 2. The largest absolute Gasteiger partial charge is 0.338 e. The van der Waals surface area contributed by atoms with Gasteiger partial charge < -0.3 is 15.5 Å². The Morgan fingerprint density at radius 2 is 2.27 bits per heavy atom. The van der Waals surface area contributed by atoms with Crippen molar-refractivity contribution in [3.8, 4) is 0 Å². The van der Waals surface area contributed by atoms with Gasteiger partial charge in [0.25, 0.3) is 0 Å². The summed E-state index contributed by atoms with van der Waals surface area (Å²) in [6.45, 7) is 8.81. The number of hydrogen-bond acceptors (Lipinski definition) is 2. The topological polar surface area (TPSA) is 44.4 Å². The van der Waals surface area contributed by atoms with Crippen molar-refractivity contribution in [1.82, 2.24) is 15.5 Å². The van der Waals surface area contributed by atoms with Gasteiger partial charge in [0.2, 0.25) is 0 Å². The minimum Gasteiger partial charge on any atom is -0.338 e. The van der Waals surface area contributed by atoms with Gasteiger partial charge >= 0.3 is 6.03 Å². The van der Waals surface area contributed by atoms with E-state index >= 15 is 0 Å². The standard InChI is InChI=1S/C11H23N3O/c1-4-5-6-12-11(15)14-8-9(2)13-7-10(14)3/h9-10,13H,4-8H2,1-3H3,(H,12,15). The molecule has 0 saturated carbocycles. The Kier molecular flexibility index (Phi) is 4.88. The van der Waals surface area contributed by atoms with Crippen molar-refractivity contribution in [3.05, 3.63) is 0 Å². The lowest BCUT2D eigenvalue weighted by Crippen LogP contribution is -2.58. The minimum atomic E-state index is 0.0873. The fourth-order valence-corrected chi connectivity index (χ4v) is 1.78. The Morgan fingerprint density at radius 1 is 1.53 bits per heavy atom. The number of carbonyl (C=O) groups is 1. The van der Waals surface area contributed by atoms with Gasteiger partial charge in [0.1, 0.15) is 0 Å². The number of urea groups is 1. The van der Waals surface area contributed by atoms with Gasteiger partial charge in [0.05, 0.1) is 0 Å². The third-order valence-electron chi connectivity index (χ3n) is 2.83. The molecule has 0 bridgehead atoms. The summed E-state index contributed by atoms with van der Waals surface area (Å²) in [7, 11) is 0. The summed E-state index contributed by atoms with van der Waals surface area (Å²) in [5.41, 5.74) is 0. The van der Waals surface area contributed by atoms with Gasteiger partial charge in [-0.1, -0.05) is 13.3 Å². The Hall–Kier alpha value is -0.770. The van der Waals surface area contributed by atoms with E-state index < -0.39 is 0 Å². The van der Waals surface area contributed by atoms with Gasteiger partial charge in [0, 0.05) is 31.7 Å². The minimum absolute atomic E-state index is 0.0873. The first-order valence-corrected chi connectivity index (χ1v) is 5.93. The molecule has 1 heterocycles. The van der Waals surface area contributed by atoms with E-state index in [1.807, 2.05) is 4.90 Å². The molecule has 88 valence electrons. The smallest absolute Gasteiger partial charge is 0.317 e. The fraction of sp³-hybridized carbons (Fsp3) is 0.909. The molecule has 2 N–H and O–H groups in total. The first-order valence-electron chi connectivity index (χ1n) is 5.93. The van der Waals surface area contributed by atoms with Crippen LogP contribution < -0.4 is 10.6 Å². The Balaban J connectivity index is 2.35. The van der Waals surface area contributed by atoms with Crippen LogP contribution in [0.15, 0.2) is 0 Å². The zero-order valence-electron chi connectivity index (χ0n) is 10.0. The second-order valence-electron chi connectivity index (χ2n) is 4.40. The first-order chi connectivity index (χ1) is 7.15. The van der Waals surface area contributed by atoms with E-state index in [4.69, 9.17) is 0 Å². The highest BCUT2D eigenvalue weighted by Crippen LogP contribution is 2.06. The predicted molar refractivity (Wildman–Crippen MR) is 61.9 cm³/mol. The van der Waals surface area contributed by atoms with Crippen molar-refractivity contribution in [1.29, 1.82) is 0 Å². The molecule has 1 aliphatic heterocycles. The lowest BCUT2D eigenvalue weighted by Gasteiger charge is -2.37.